The molecule has 0 saturated heterocycles. The Morgan fingerprint density at radius 3 is 2.67 bits per heavy atom. The van der Waals surface area contributed by atoms with Crippen molar-refractivity contribution in [2.75, 3.05) is 5.32 Å². The van der Waals surface area contributed by atoms with Crippen molar-refractivity contribution in [2.45, 2.75) is 47.0 Å². The fourth-order valence-electron chi connectivity index (χ4n) is 3.63. The van der Waals surface area contributed by atoms with Gasteiger partial charge in [0.2, 0.25) is 0 Å². The van der Waals surface area contributed by atoms with E-state index < -0.39 is 0 Å². The summed E-state index contributed by atoms with van der Waals surface area (Å²) in [6, 6.07) is 17.2. The number of hydrogen-bond donors (Lipinski definition) is 2. The van der Waals surface area contributed by atoms with Gasteiger partial charge in [0.25, 0.3) is 0 Å². The Kier molecular flexibility index (Phi) is 9.23. The van der Waals surface area contributed by atoms with E-state index in [0.717, 1.165) is 29.9 Å². The van der Waals surface area contributed by atoms with E-state index in [9.17, 15) is 0 Å². The molecule has 2 aromatic carbocycles. The van der Waals surface area contributed by atoms with Crippen LogP contribution in [0.2, 0.25) is 0 Å². The van der Waals surface area contributed by atoms with Gasteiger partial charge in [-0.25, -0.2) is 0 Å². The molecule has 172 valence electrons. The SMILES string of the molecule is C=C(S/C=C(\C)c1cccc(N/C(=C/CC)CCc2c[nH]c3ccccc23)c1)/C(C)=C(/C)P. The summed E-state index contributed by atoms with van der Waals surface area (Å²) in [5, 5.41) is 8.41. The van der Waals surface area contributed by atoms with Gasteiger partial charge in [0.05, 0.1) is 0 Å². The van der Waals surface area contributed by atoms with Gasteiger partial charge < -0.3 is 10.3 Å². The first-order chi connectivity index (χ1) is 15.9. The Morgan fingerprint density at radius 2 is 1.91 bits per heavy atom. The van der Waals surface area contributed by atoms with Crippen LogP contribution in [0, 0.1) is 0 Å². The highest BCUT2D eigenvalue weighted by molar-refractivity contribution is 8.06. The average molecular weight is 475 g/mol. The Balaban J connectivity index is 1.69. The Hall–Kier alpha value is -2.48. The maximum absolute atomic E-state index is 4.20. The van der Waals surface area contributed by atoms with Gasteiger partial charge in [-0.2, -0.15) is 0 Å². The van der Waals surface area contributed by atoms with Crippen LogP contribution in [0.4, 0.5) is 5.69 Å². The lowest BCUT2D eigenvalue weighted by Gasteiger charge is -2.13. The van der Waals surface area contributed by atoms with E-state index in [-0.39, 0.29) is 0 Å². The van der Waals surface area contributed by atoms with Crippen LogP contribution in [0.5, 0.6) is 0 Å². The summed E-state index contributed by atoms with van der Waals surface area (Å²) in [5.41, 5.74) is 8.64. The summed E-state index contributed by atoms with van der Waals surface area (Å²) >= 11 is 1.69. The standard InChI is InChI=1S/C29H35N2PS/c1-6-10-26(16-15-25-18-30-29-14-8-7-13-28(25)29)31-27-12-9-11-24(17-27)20(2)19-33-23(5)21(3)22(4)32/h7-14,17-19,30-31H,5-6,15-16,32H2,1-4H3/b20-19+,22-21-,26-10+. The Bertz CT molecular complexity index is 1210. The van der Waals surface area contributed by atoms with E-state index in [0.29, 0.717) is 0 Å². The Morgan fingerprint density at radius 1 is 1.12 bits per heavy atom. The summed E-state index contributed by atoms with van der Waals surface area (Å²) in [4.78, 5) is 4.47. The zero-order chi connectivity index (χ0) is 23.8. The highest BCUT2D eigenvalue weighted by atomic mass is 32.2. The van der Waals surface area contributed by atoms with Gasteiger partial charge in [-0.1, -0.05) is 67.0 Å². The molecule has 0 aliphatic rings. The van der Waals surface area contributed by atoms with Gasteiger partial charge in [-0.15, -0.1) is 9.24 Å². The van der Waals surface area contributed by atoms with Crippen molar-refractivity contribution in [2.24, 2.45) is 0 Å². The molecule has 1 aromatic heterocycles. The largest absolute Gasteiger partial charge is 0.361 e. The fourth-order valence-corrected chi connectivity index (χ4v) is 4.70. The lowest BCUT2D eigenvalue weighted by molar-refractivity contribution is 0.940. The van der Waals surface area contributed by atoms with E-state index in [1.54, 1.807) is 11.8 Å². The van der Waals surface area contributed by atoms with Crippen LogP contribution >= 0.6 is 21.0 Å². The third-order valence-corrected chi connectivity index (χ3v) is 7.29. The maximum atomic E-state index is 4.20. The first kappa shape index (κ1) is 25.1. The molecule has 33 heavy (non-hydrogen) atoms. The summed E-state index contributed by atoms with van der Waals surface area (Å²) in [7, 11) is 2.76. The molecule has 0 saturated carbocycles. The number of fused-ring (bicyclic) bond motifs is 1. The lowest BCUT2D eigenvalue weighted by Crippen LogP contribution is -2.02. The van der Waals surface area contributed by atoms with Crippen molar-refractivity contribution in [1.82, 2.24) is 4.98 Å². The molecule has 2 nitrogen and oxygen atoms in total. The number of hydrogen-bond acceptors (Lipinski definition) is 2. The van der Waals surface area contributed by atoms with Crippen molar-refractivity contribution in [3.8, 4) is 0 Å². The van der Waals surface area contributed by atoms with Gasteiger partial charge in [-0.05, 0) is 85.9 Å². The molecule has 1 unspecified atom stereocenters. The summed E-state index contributed by atoms with van der Waals surface area (Å²) < 4.78 is 0. The summed E-state index contributed by atoms with van der Waals surface area (Å²) in [6.07, 6.45) is 7.43. The van der Waals surface area contributed by atoms with Crippen LogP contribution in [0.3, 0.4) is 0 Å². The van der Waals surface area contributed by atoms with Crippen LogP contribution in [0.1, 0.15) is 51.7 Å². The number of allylic oxidation sites excluding steroid dienone is 5. The number of thioether (sulfide) groups is 1. The number of anilines is 1. The minimum atomic E-state index is 0.977. The summed E-state index contributed by atoms with van der Waals surface area (Å²) in [6.45, 7) is 12.8. The molecule has 3 rings (SSSR count). The zero-order valence-corrected chi connectivity index (χ0v) is 22.1. The monoisotopic (exact) mass is 474 g/mol. The van der Waals surface area contributed by atoms with Gasteiger partial charge in [-0.3, -0.25) is 0 Å². The molecule has 3 aromatic rings. The third kappa shape index (κ3) is 7.00. The maximum Gasteiger partial charge on any atom is 0.0456 e. The predicted octanol–water partition coefficient (Wildman–Crippen LogP) is 9.28. The zero-order valence-electron chi connectivity index (χ0n) is 20.2. The number of rotatable bonds is 10. The molecule has 1 heterocycles. The number of aromatic amines is 1. The molecule has 0 amide bonds. The molecule has 2 N–H and O–H groups in total. The number of para-hydroxylation sites is 1. The molecule has 0 aliphatic heterocycles. The van der Waals surface area contributed by atoms with Gasteiger partial charge in [0.15, 0.2) is 0 Å². The average Bonchev–Trinajstić information content (AvgIpc) is 3.23. The molecule has 4 heteroatoms. The molecule has 0 radical (unpaired) electrons. The van der Waals surface area contributed by atoms with E-state index in [4.69, 9.17) is 0 Å². The van der Waals surface area contributed by atoms with Crippen molar-refractivity contribution >= 4 is 43.2 Å². The van der Waals surface area contributed by atoms with Crippen molar-refractivity contribution < 1.29 is 0 Å². The van der Waals surface area contributed by atoms with Crippen LogP contribution in [-0.4, -0.2) is 4.98 Å². The molecular weight excluding hydrogens is 439 g/mol. The first-order valence-corrected chi connectivity index (χ1v) is 12.9. The first-order valence-electron chi connectivity index (χ1n) is 11.5. The third-order valence-electron chi connectivity index (χ3n) is 5.80. The van der Waals surface area contributed by atoms with Crippen LogP contribution < -0.4 is 5.32 Å². The highest BCUT2D eigenvalue weighted by Gasteiger charge is 2.06. The number of aromatic nitrogens is 1. The van der Waals surface area contributed by atoms with Crippen LogP contribution in [0.15, 0.2) is 94.3 Å². The number of aryl methyl sites for hydroxylation is 1. The minimum absolute atomic E-state index is 0.977. The predicted molar refractivity (Wildman–Crippen MR) is 154 cm³/mol. The van der Waals surface area contributed by atoms with E-state index in [2.05, 4.69) is 120 Å². The molecule has 0 aliphatic carbocycles. The molecule has 0 fully saturated rings. The van der Waals surface area contributed by atoms with E-state index in [1.165, 1.54) is 44.2 Å². The number of H-pyrrole nitrogens is 1. The molecular formula is C29H35N2PS. The number of benzene rings is 2. The summed E-state index contributed by atoms with van der Waals surface area (Å²) in [5.74, 6) is 0. The fraction of sp³-hybridized carbons (Fsp3) is 0.241. The second-order valence-corrected chi connectivity index (χ2v) is 10.2. The van der Waals surface area contributed by atoms with Crippen molar-refractivity contribution in [3.05, 3.63) is 105 Å². The Labute approximate surface area is 205 Å². The highest BCUT2D eigenvalue weighted by Crippen LogP contribution is 2.31. The minimum Gasteiger partial charge on any atom is -0.361 e. The molecule has 0 spiro atoms. The lowest BCUT2D eigenvalue weighted by atomic mass is 10.1. The van der Waals surface area contributed by atoms with Gasteiger partial charge in [0.1, 0.15) is 0 Å². The van der Waals surface area contributed by atoms with E-state index >= 15 is 0 Å². The molecule has 1 atom stereocenters. The number of nitrogens with one attached hydrogen (secondary N) is 2. The van der Waals surface area contributed by atoms with Crippen LogP contribution in [0.25, 0.3) is 16.5 Å². The smallest absolute Gasteiger partial charge is 0.0456 e. The van der Waals surface area contributed by atoms with E-state index in [1.807, 2.05) is 0 Å². The van der Waals surface area contributed by atoms with Crippen LogP contribution in [-0.2, 0) is 6.42 Å². The second kappa shape index (κ2) is 12.1. The van der Waals surface area contributed by atoms with Crippen molar-refractivity contribution in [1.29, 1.82) is 0 Å². The molecule has 0 bridgehead atoms. The van der Waals surface area contributed by atoms with Gasteiger partial charge >= 0.3 is 0 Å². The normalized spacial score (nSPS) is 13.2. The second-order valence-electron chi connectivity index (χ2n) is 8.35. The van der Waals surface area contributed by atoms with Crippen molar-refractivity contribution in [3.63, 3.8) is 0 Å². The topological polar surface area (TPSA) is 27.8 Å². The quantitative estimate of drug-likeness (QED) is 0.226. The van der Waals surface area contributed by atoms with Gasteiger partial charge in [0, 0.05) is 33.4 Å².